The maximum absolute atomic E-state index is 10.6. The second-order valence-electron chi connectivity index (χ2n) is 4.86. The molecule has 1 saturated carbocycles. The second kappa shape index (κ2) is 4.88. The van der Waals surface area contributed by atoms with E-state index in [1.165, 1.54) is 6.42 Å². The molecule has 17 heavy (non-hydrogen) atoms. The van der Waals surface area contributed by atoms with E-state index in [4.69, 9.17) is 5.11 Å². The van der Waals surface area contributed by atoms with E-state index in [9.17, 15) is 9.90 Å². The van der Waals surface area contributed by atoms with Crippen molar-refractivity contribution in [2.24, 2.45) is 0 Å². The summed E-state index contributed by atoms with van der Waals surface area (Å²) in [6, 6.07) is 7.33. The molecule has 2 N–H and O–H groups in total. The third-order valence-electron chi connectivity index (χ3n) is 3.53. The van der Waals surface area contributed by atoms with Gasteiger partial charge in [-0.05, 0) is 24.0 Å². The highest BCUT2D eigenvalue weighted by atomic mass is 16.4. The summed E-state index contributed by atoms with van der Waals surface area (Å²) in [6.07, 6.45) is 4.98. The van der Waals surface area contributed by atoms with Crippen LogP contribution in [0.2, 0.25) is 0 Å². The van der Waals surface area contributed by atoms with Gasteiger partial charge < -0.3 is 10.2 Å². The van der Waals surface area contributed by atoms with Crippen molar-refractivity contribution in [1.29, 1.82) is 0 Å². The molecule has 1 aromatic carbocycles. The van der Waals surface area contributed by atoms with Crippen LogP contribution in [-0.4, -0.2) is 16.2 Å². The van der Waals surface area contributed by atoms with Gasteiger partial charge in [0.2, 0.25) is 0 Å². The first-order valence-corrected chi connectivity index (χ1v) is 6.14. The fourth-order valence-corrected chi connectivity index (χ4v) is 2.53. The molecular formula is C14H18O3. The number of hydrogen-bond acceptors (Lipinski definition) is 2. The Hall–Kier alpha value is -1.35. The summed E-state index contributed by atoms with van der Waals surface area (Å²) in [6.45, 7) is 0. The van der Waals surface area contributed by atoms with Crippen LogP contribution in [-0.2, 0) is 16.8 Å². The zero-order valence-electron chi connectivity index (χ0n) is 9.85. The van der Waals surface area contributed by atoms with Gasteiger partial charge in [0.25, 0.3) is 0 Å². The average molecular weight is 234 g/mol. The monoisotopic (exact) mass is 234 g/mol. The summed E-state index contributed by atoms with van der Waals surface area (Å²) in [4.78, 5) is 10.6. The van der Waals surface area contributed by atoms with Crippen LogP contribution >= 0.6 is 0 Å². The predicted molar refractivity (Wildman–Crippen MR) is 64.8 cm³/mol. The number of rotatable bonds is 3. The molecule has 1 aliphatic carbocycles. The molecular weight excluding hydrogens is 216 g/mol. The zero-order valence-corrected chi connectivity index (χ0v) is 9.85. The molecule has 0 spiro atoms. The van der Waals surface area contributed by atoms with Crippen LogP contribution < -0.4 is 0 Å². The van der Waals surface area contributed by atoms with E-state index in [-0.39, 0.29) is 6.42 Å². The molecule has 3 heteroatoms. The highest BCUT2D eigenvalue weighted by Crippen LogP contribution is 2.36. The first-order chi connectivity index (χ1) is 8.10. The molecule has 1 aromatic rings. The average Bonchev–Trinajstić information content (AvgIpc) is 2.30. The third kappa shape index (κ3) is 2.86. The van der Waals surface area contributed by atoms with Crippen molar-refractivity contribution in [3.05, 3.63) is 35.4 Å². The van der Waals surface area contributed by atoms with Gasteiger partial charge in [0.15, 0.2) is 0 Å². The Morgan fingerprint density at radius 3 is 2.24 bits per heavy atom. The molecule has 3 nitrogen and oxygen atoms in total. The summed E-state index contributed by atoms with van der Waals surface area (Å²) in [5.74, 6) is -0.825. The van der Waals surface area contributed by atoms with E-state index in [1.807, 2.05) is 12.1 Å². The van der Waals surface area contributed by atoms with Crippen molar-refractivity contribution >= 4 is 5.97 Å². The Morgan fingerprint density at radius 2 is 1.71 bits per heavy atom. The number of aliphatic carboxylic acids is 1. The molecule has 0 radical (unpaired) electrons. The maximum Gasteiger partial charge on any atom is 0.307 e. The normalized spacial score (nSPS) is 18.9. The quantitative estimate of drug-likeness (QED) is 0.844. The van der Waals surface area contributed by atoms with Crippen LogP contribution in [0.4, 0.5) is 0 Å². The summed E-state index contributed by atoms with van der Waals surface area (Å²) in [5.41, 5.74) is 1.01. The standard InChI is InChI=1S/C14H18O3/c15-13(16)10-11-4-6-12(7-5-11)14(17)8-2-1-3-9-14/h4-7,17H,1-3,8-10H2,(H,15,16). The fraction of sp³-hybridized carbons (Fsp3) is 0.500. The van der Waals surface area contributed by atoms with Gasteiger partial charge in [-0.15, -0.1) is 0 Å². The number of carboxylic acids is 1. The summed E-state index contributed by atoms with van der Waals surface area (Å²) in [5, 5.41) is 19.2. The Morgan fingerprint density at radius 1 is 1.12 bits per heavy atom. The highest BCUT2D eigenvalue weighted by molar-refractivity contribution is 5.70. The number of carbonyl (C=O) groups is 1. The minimum atomic E-state index is -0.825. The van der Waals surface area contributed by atoms with E-state index in [1.54, 1.807) is 12.1 Å². The van der Waals surface area contributed by atoms with Gasteiger partial charge in [-0.25, -0.2) is 0 Å². The summed E-state index contributed by atoms with van der Waals surface area (Å²) < 4.78 is 0. The second-order valence-corrected chi connectivity index (χ2v) is 4.86. The summed E-state index contributed by atoms with van der Waals surface area (Å²) in [7, 11) is 0. The zero-order chi connectivity index (χ0) is 12.3. The minimum Gasteiger partial charge on any atom is -0.481 e. The molecule has 0 bridgehead atoms. The lowest BCUT2D eigenvalue weighted by atomic mass is 9.79. The lowest BCUT2D eigenvalue weighted by molar-refractivity contribution is -0.136. The van der Waals surface area contributed by atoms with Gasteiger partial charge in [0.1, 0.15) is 0 Å². The van der Waals surface area contributed by atoms with Crippen LogP contribution in [0.3, 0.4) is 0 Å². The van der Waals surface area contributed by atoms with Gasteiger partial charge >= 0.3 is 5.97 Å². The Bertz CT molecular complexity index is 388. The first kappa shape index (κ1) is 12.1. The molecule has 0 amide bonds. The molecule has 92 valence electrons. The molecule has 1 aliphatic rings. The van der Waals surface area contributed by atoms with Crippen molar-refractivity contribution < 1.29 is 15.0 Å². The Labute approximate surface area is 101 Å². The van der Waals surface area contributed by atoms with Crippen LogP contribution in [0.15, 0.2) is 24.3 Å². The van der Waals surface area contributed by atoms with Crippen molar-refractivity contribution in [2.45, 2.75) is 44.1 Å². The SMILES string of the molecule is O=C(O)Cc1ccc(C2(O)CCCCC2)cc1. The van der Waals surface area contributed by atoms with Crippen LogP contribution in [0.25, 0.3) is 0 Å². The van der Waals surface area contributed by atoms with E-state index in [2.05, 4.69) is 0 Å². The van der Waals surface area contributed by atoms with E-state index < -0.39 is 11.6 Å². The first-order valence-electron chi connectivity index (χ1n) is 6.14. The molecule has 0 aliphatic heterocycles. The smallest absolute Gasteiger partial charge is 0.307 e. The van der Waals surface area contributed by atoms with Crippen LogP contribution in [0.1, 0.15) is 43.2 Å². The Kier molecular flexibility index (Phi) is 3.48. The molecule has 0 atom stereocenters. The van der Waals surface area contributed by atoms with Crippen molar-refractivity contribution in [3.8, 4) is 0 Å². The molecule has 1 fully saturated rings. The Balaban J connectivity index is 2.13. The van der Waals surface area contributed by atoms with Crippen molar-refractivity contribution in [3.63, 3.8) is 0 Å². The summed E-state index contributed by atoms with van der Waals surface area (Å²) >= 11 is 0. The van der Waals surface area contributed by atoms with Gasteiger partial charge in [-0.2, -0.15) is 0 Å². The minimum absolute atomic E-state index is 0.0404. The van der Waals surface area contributed by atoms with Crippen LogP contribution in [0.5, 0.6) is 0 Å². The largest absolute Gasteiger partial charge is 0.481 e. The lowest BCUT2D eigenvalue weighted by Gasteiger charge is -2.32. The van der Waals surface area contributed by atoms with E-state index >= 15 is 0 Å². The molecule has 0 saturated heterocycles. The van der Waals surface area contributed by atoms with Crippen LogP contribution in [0, 0.1) is 0 Å². The van der Waals surface area contributed by atoms with E-state index in [0.717, 1.165) is 36.8 Å². The highest BCUT2D eigenvalue weighted by Gasteiger charge is 2.30. The van der Waals surface area contributed by atoms with Gasteiger partial charge in [0.05, 0.1) is 12.0 Å². The maximum atomic E-state index is 10.6. The van der Waals surface area contributed by atoms with Gasteiger partial charge in [-0.1, -0.05) is 43.5 Å². The number of hydrogen-bond donors (Lipinski definition) is 2. The lowest BCUT2D eigenvalue weighted by Crippen LogP contribution is -2.28. The topological polar surface area (TPSA) is 57.5 Å². The molecule has 0 unspecified atom stereocenters. The predicted octanol–water partition coefficient (Wildman–Crippen LogP) is 2.47. The molecule has 0 heterocycles. The van der Waals surface area contributed by atoms with Gasteiger partial charge in [0, 0.05) is 0 Å². The van der Waals surface area contributed by atoms with Crippen molar-refractivity contribution in [2.75, 3.05) is 0 Å². The van der Waals surface area contributed by atoms with E-state index in [0.29, 0.717) is 0 Å². The van der Waals surface area contributed by atoms with Crippen molar-refractivity contribution in [1.82, 2.24) is 0 Å². The number of aliphatic hydroxyl groups is 1. The third-order valence-corrected chi connectivity index (χ3v) is 3.53. The number of carboxylic acid groups (broad SMARTS) is 1. The van der Waals surface area contributed by atoms with Gasteiger partial charge in [-0.3, -0.25) is 4.79 Å². The number of benzene rings is 1. The fourth-order valence-electron chi connectivity index (χ4n) is 2.53. The molecule has 0 aromatic heterocycles. The molecule has 2 rings (SSSR count).